The quantitative estimate of drug-likeness (QED) is 0.364. The number of hydrogen-bond acceptors (Lipinski definition) is 3. The van der Waals surface area contributed by atoms with Gasteiger partial charge in [-0.25, -0.2) is 0 Å². The van der Waals surface area contributed by atoms with Gasteiger partial charge in [-0.1, -0.05) is 32.0 Å². The molecule has 0 saturated heterocycles. The molecule has 0 atom stereocenters. The lowest BCUT2D eigenvalue weighted by Crippen LogP contribution is -2.42. The maximum atomic E-state index is 11.5. The van der Waals surface area contributed by atoms with Gasteiger partial charge in [0.2, 0.25) is 5.91 Å². The predicted octanol–water partition coefficient (Wildman–Crippen LogP) is 1.56. The van der Waals surface area contributed by atoms with Crippen LogP contribution in [0.1, 0.15) is 26.3 Å². The molecule has 0 aliphatic carbocycles. The van der Waals surface area contributed by atoms with E-state index in [1.54, 1.807) is 7.11 Å². The second kappa shape index (κ2) is 11.3. The number of methoxy groups -OCH3 is 1. The lowest BCUT2D eigenvalue weighted by Gasteiger charge is -2.13. The Kier molecular flexibility index (Phi) is 9.34. The van der Waals surface area contributed by atoms with Crippen molar-refractivity contribution in [1.29, 1.82) is 0 Å². The monoisotopic (exact) mass is 334 g/mol. The summed E-state index contributed by atoms with van der Waals surface area (Å²) in [5.74, 6) is 1.72. The number of nitrogens with one attached hydrogen (secondary N) is 3. The number of amides is 1. The van der Waals surface area contributed by atoms with Crippen molar-refractivity contribution >= 4 is 11.9 Å². The van der Waals surface area contributed by atoms with Gasteiger partial charge in [-0.3, -0.25) is 9.79 Å². The van der Waals surface area contributed by atoms with E-state index in [4.69, 9.17) is 4.74 Å². The number of rotatable bonds is 9. The van der Waals surface area contributed by atoms with Crippen molar-refractivity contribution in [2.24, 2.45) is 10.9 Å². The average Bonchev–Trinajstić information content (AvgIpc) is 2.58. The Morgan fingerprint density at radius 3 is 2.54 bits per heavy atom. The Labute approximate surface area is 145 Å². The SMILES string of the molecule is CCNC(=NCCc1ccccc1OC)NCCNC(=O)C(C)C. The van der Waals surface area contributed by atoms with Crippen molar-refractivity contribution in [3.8, 4) is 5.75 Å². The van der Waals surface area contributed by atoms with Crippen LogP contribution in [0.4, 0.5) is 0 Å². The van der Waals surface area contributed by atoms with Crippen LogP contribution in [0.5, 0.6) is 5.75 Å². The topological polar surface area (TPSA) is 74.8 Å². The zero-order valence-corrected chi connectivity index (χ0v) is 15.2. The minimum Gasteiger partial charge on any atom is -0.496 e. The number of benzene rings is 1. The third-order valence-electron chi connectivity index (χ3n) is 3.43. The number of aliphatic imine (C=N–C) groups is 1. The van der Waals surface area contributed by atoms with Gasteiger partial charge in [-0.15, -0.1) is 0 Å². The van der Waals surface area contributed by atoms with Gasteiger partial charge < -0.3 is 20.7 Å². The molecule has 0 fully saturated rings. The van der Waals surface area contributed by atoms with E-state index in [0.717, 1.165) is 30.2 Å². The zero-order valence-electron chi connectivity index (χ0n) is 15.2. The molecule has 1 rings (SSSR count). The maximum Gasteiger partial charge on any atom is 0.222 e. The minimum atomic E-state index is 0.00718. The summed E-state index contributed by atoms with van der Waals surface area (Å²) in [5, 5.41) is 9.30. The summed E-state index contributed by atoms with van der Waals surface area (Å²) in [6.07, 6.45) is 0.810. The van der Waals surface area contributed by atoms with E-state index in [1.165, 1.54) is 0 Å². The van der Waals surface area contributed by atoms with Gasteiger partial charge in [0.05, 0.1) is 7.11 Å². The number of nitrogens with zero attached hydrogens (tertiary/aromatic N) is 1. The van der Waals surface area contributed by atoms with Crippen LogP contribution >= 0.6 is 0 Å². The van der Waals surface area contributed by atoms with E-state index in [1.807, 2.05) is 39.0 Å². The molecule has 0 heterocycles. The molecule has 0 aliphatic rings. The fourth-order valence-corrected chi connectivity index (χ4v) is 2.11. The van der Waals surface area contributed by atoms with Crippen LogP contribution in [-0.2, 0) is 11.2 Å². The molecule has 0 bridgehead atoms. The van der Waals surface area contributed by atoms with E-state index < -0.39 is 0 Å². The molecular formula is C18H30N4O2. The molecule has 1 amide bonds. The first-order valence-corrected chi connectivity index (χ1v) is 8.50. The van der Waals surface area contributed by atoms with Crippen LogP contribution in [0.3, 0.4) is 0 Å². The molecule has 0 aromatic heterocycles. The van der Waals surface area contributed by atoms with Crippen LogP contribution in [0, 0.1) is 5.92 Å². The van der Waals surface area contributed by atoms with Gasteiger partial charge in [-0.2, -0.15) is 0 Å². The van der Waals surface area contributed by atoms with Crippen LogP contribution in [0.25, 0.3) is 0 Å². The highest BCUT2D eigenvalue weighted by Gasteiger charge is 2.05. The van der Waals surface area contributed by atoms with Gasteiger partial charge in [0, 0.05) is 32.1 Å². The molecule has 0 saturated carbocycles. The maximum absolute atomic E-state index is 11.5. The van der Waals surface area contributed by atoms with Crippen molar-refractivity contribution < 1.29 is 9.53 Å². The highest BCUT2D eigenvalue weighted by atomic mass is 16.5. The second-order valence-corrected chi connectivity index (χ2v) is 5.70. The van der Waals surface area contributed by atoms with Gasteiger partial charge >= 0.3 is 0 Å². The smallest absolute Gasteiger partial charge is 0.222 e. The number of carbonyl (C=O) groups is 1. The summed E-state index contributed by atoms with van der Waals surface area (Å²) < 4.78 is 5.35. The molecule has 1 aromatic rings. The lowest BCUT2D eigenvalue weighted by molar-refractivity contribution is -0.123. The number of guanidine groups is 1. The van der Waals surface area contributed by atoms with Crippen LogP contribution < -0.4 is 20.7 Å². The van der Waals surface area contributed by atoms with Crippen LogP contribution in [0.15, 0.2) is 29.3 Å². The molecule has 24 heavy (non-hydrogen) atoms. The first kappa shape index (κ1) is 19.8. The Bertz CT molecular complexity index is 530. The Morgan fingerprint density at radius 2 is 1.88 bits per heavy atom. The summed E-state index contributed by atoms with van der Waals surface area (Å²) in [5.41, 5.74) is 1.14. The Hall–Kier alpha value is -2.24. The van der Waals surface area contributed by atoms with Crippen molar-refractivity contribution in [2.45, 2.75) is 27.2 Å². The van der Waals surface area contributed by atoms with E-state index in [-0.39, 0.29) is 11.8 Å². The summed E-state index contributed by atoms with van der Waals surface area (Å²) in [7, 11) is 1.68. The lowest BCUT2D eigenvalue weighted by atomic mass is 10.1. The predicted molar refractivity (Wildman–Crippen MR) is 98.5 cm³/mol. The molecule has 134 valence electrons. The highest BCUT2D eigenvalue weighted by Crippen LogP contribution is 2.17. The zero-order chi connectivity index (χ0) is 17.8. The van der Waals surface area contributed by atoms with Crippen LogP contribution in [-0.4, -0.2) is 45.2 Å². The van der Waals surface area contributed by atoms with E-state index >= 15 is 0 Å². The van der Waals surface area contributed by atoms with E-state index in [9.17, 15) is 4.79 Å². The summed E-state index contributed by atoms with van der Waals surface area (Å²) >= 11 is 0. The van der Waals surface area contributed by atoms with Crippen molar-refractivity contribution in [3.05, 3.63) is 29.8 Å². The summed E-state index contributed by atoms with van der Waals surface area (Å²) in [6.45, 7) is 8.45. The molecule has 0 unspecified atom stereocenters. The van der Waals surface area contributed by atoms with Gasteiger partial charge in [0.25, 0.3) is 0 Å². The van der Waals surface area contributed by atoms with Crippen LogP contribution in [0.2, 0.25) is 0 Å². The second-order valence-electron chi connectivity index (χ2n) is 5.70. The number of hydrogen-bond donors (Lipinski definition) is 3. The first-order chi connectivity index (χ1) is 11.6. The van der Waals surface area contributed by atoms with Crippen molar-refractivity contribution in [2.75, 3.05) is 33.3 Å². The Balaban J connectivity index is 2.43. The van der Waals surface area contributed by atoms with Gasteiger partial charge in [-0.05, 0) is 25.0 Å². The molecule has 0 spiro atoms. The Morgan fingerprint density at radius 1 is 1.17 bits per heavy atom. The fraction of sp³-hybridized carbons (Fsp3) is 0.556. The van der Waals surface area contributed by atoms with E-state index in [0.29, 0.717) is 19.6 Å². The normalized spacial score (nSPS) is 11.3. The average molecular weight is 334 g/mol. The highest BCUT2D eigenvalue weighted by molar-refractivity contribution is 5.80. The van der Waals surface area contributed by atoms with Crippen molar-refractivity contribution in [1.82, 2.24) is 16.0 Å². The molecule has 0 aliphatic heterocycles. The third kappa shape index (κ3) is 7.35. The molecule has 6 nitrogen and oxygen atoms in total. The van der Waals surface area contributed by atoms with Crippen molar-refractivity contribution in [3.63, 3.8) is 0 Å². The van der Waals surface area contributed by atoms with Gasteiger partial charge in [0.1, 0.15) is 5.75 Å². The number of para-hydroxylation sites is 1. The summed E-state index contributed by atoms with van der Waals surface area (Å²) in [4.78, 5) is 16.1. The minimum absolute atomic E-state index is 0.00718. The first-order valence-electron chi connectivity index (χ1n) is 8.50. The standard InChI is InChI=1S/C18H30N4O2/c1-5-19-18(22-13-12-20-17(23)14(2)3)21-11-10-15-8-6-7-9-16(15)24-4/h6-9,14H,5,10-13H2,1-4H3,(H,20,23)(H2,19,21,22). The molecular weight excluding hydrogens is 304 g/mol. The molecule has 0 radical (unpaired) electrons. The number of carbonyl (C=O) groups excluding carboxylic acids is 1. The van der Waals surface area contributed by atoms with E-state index in [2.05, 4.69) is 27.0 Å². The fourth-order valence-electron chi connectivity index (χ4n) is 2.11. The van der Waals surface area contributed by atoms with Gasteiger partial charge in [0.15, 0.2) is 5.96 Å². The largest absolute Gasteiger partial charge is 0.496 e. The third-order valence-corrected chi connectivity index (χ3v) is 3.43. The summed E-state index contributed by atoms with van der Waals surface area (Å²) in [6, 6.07) is 7.97. The molecule has 1 aromatic carbocycles. The molecule has 3 N–H and O–H groups in total. The molecule has 6 heteroatoms. The number of ether oxygens (including phenoxy) is 1.